The third-order valence-corrected chi connectivity index (χ3v) is 1.78. The molecule has 1 aromatic heterocycles. The van der Waals surface area contributed by atoms with Crippen LogP contribution in [-0.4, -0.2) is 4.98 Å². The van der Waals surface area contributed by atoms with Crippen molar-refractivity contribution in [2.24, 2.45) is 0 Å². The van der Waals surface area contributed by atoms with Gasteiger partial charge in [0.15, 0.2) is 0 Å². The molecule has 0 bridgehead atoms. The molecule has 1 radical (unpaired) electrons. The van der Waals surface area contributed by atoms with Crippen LogP contribution in [0.4, 0.5) is 0 Å². The van der Waals surface area contributed by atoms with Gasteiger partial charge in [0.05, 0.1) is 0 Å². The molecule has 1 heterocycles. The maximum absolute atomic E-state index is 5.72. The van der Waals surface area contributed by atoms with Gasteiger partial charge in [-0.05, 0) is 12.1 Å². The highest BCUT2D eigenvalue weighted by atomic mass is 35.5. The zero-order chi connectivity index (χ0) is 8.39. The van der Waals surface area contributed by atoms with Crippen LogP contribution in [0.2, 0.25) is 5.02 Å². The Morgan fingerprint density at radius 2 is 2.00 bits per heavy atom. The largest absolute Gasteiger partial charge is 0.440 e. The summed E-state index contributed by atoms with van der Waals surface area (Å²) in [6.07, 6.45) is 3.93. The fourth-order valence-corrected chi connectivity index (χ4v) is 1.06. The lowest BCUT2D eigenvalue weighted by Gasteiger charge is -1.93. The first-order valence-electron chi connectivity index (χ1n) is 3.44. The molecule has 0 aliphatic carbocycles. The molecular formula is C9H5ClNO. The molecule has 0 amide bonds. The van der Waals surface area contributed by atoms with Crippen LogP contribution in [-0.2, 0) is 0 Å². The van der Waals surface area contributed by atoms with Crippen molar-refractivity contribution >= 4 is 11.6 Å². The van der Waals surface area contributed by atoms with Crippen LogP contribution in [0.5, 0.6) is 0 Å². The highest BCUT2D eigenvalue weighted by Crippen LogP contribution is 2.18. The van der Waals surface area contributed by atoms with E-state index >= 15 is 0 Å². The molecule has 0 unspecified atom stereocenters. The summed E-state index contributed by atoms with van der Waals surface area (Å²) < 4.78 is 4.73. The monoisotopic (exact) mass is 178 g/mol. The van der Waals surface area contributed by atoms with Crippen molar-refractivity contribution in [3.8, 4) is 11.3 Å². The van der Waals surface area contributed by atoms with Crippen molar-refractivity contribution in [1.29, 1.82) is 0 Å². The lowest BCUT2D eigenvalue weighted by molar-refractivity contribution is 0.548. The molecule has 3 heteroatoms. The van der Waals surface area contributed by atoms with Crippen LogP contribution in [0.1, 0.15) is 0 Å². The molecule has 0 saturated heterocycles. The number of halogens is 1. The topological polar surface area (TPSA) is 26.0 Å². The van der Waals surface area contributed by atoms with Gasteiger partial charge in [0.2, 0.25) is 0 Å². The Kier molecular flexibility index (Phi) is 1.84. The molecular weight excluding hydrogens is 174 g/mol. The summed E-state index contributed by atoms with van der Waals surface area (Å²) in [5.74, 6) is 0. The van der Waals surface area contributed by atoms with E-state index < -0.39 is 0 Å². The van der Waals surface area contributed by atoms with Crippen molar-refractivity contribution in [3.05, 3.63) is 41.9 Å². The predicted molar refractivity (Wildman–Crippen MR) is 45.8 cm³/mol. The summed E-state index contributed by atoms with van der Waals surface area (Å²) in [5, 5.41) is 0.714. The fourth-order valence-electron chi connectivity index (χ4n) is 0.937. The van der Waals surface area contributed by atoms with Crippen molar-refractivity contribution in [2.75, 3.05) is 0 Å². The van der Waals surface area contributed by atoms with Crippen LogP contribution in [0.3, 0.4) is 0 Å². The van der Waals surface area contributed by atoms with E-state index in [9.17, 15) is 0 Å². The summed E-state index contributed by atoms with van der Waals surface area (Å²) in [5.41, 5.74) is 1.75. The van der Waals surface area contributed by atoms with E-state index in [1.54, 1.807) is 6.26 Å². The molecule has 12 heavy (non-hydrogen) atoms. The highest BCUT2D eigenvalue weighted by molar-refractivity contribution is 6.30. The van der Waals surface area contributed by atoms with Gasteiger partial charge in [0.1, 0.15) is 12.0 Å². The van der Waals surface area contributed by atoms with Gasteiger partial charge < -0.3 is 4.42 Å². The molecule has 2 aromatic rings. The molecule has 0 saturated carbocycles. The van der Waals surface area contributed by atoms with Crippen LogP contribution < -0.4 is 0 Å². The fraction of sp³-hybridized carbons (Fsp3) is 0. The van der Waals surface area contributed by atoms with Gasteiger partial charge in [-0.15, -0.1) is 0 Å². The van der Waals surface area contributed by atoms with E-state index in [1.165, 1.54) is 0 Å². The van der Waals surface area contributed by atoms with Crippen molar-refractivity contribution in [1.82, 2.24) is 4.98 Å². The van der Waals surface area contributed by atoms with Crippen LogP contribution >= 0.6 is 11.6 Å². The van der Waals surface area contributed by atoms with Crippen molar-refractivity contribution in [3.63, 3.8) is 0 Å². The highest BCUT2D eigenvalue weighted by Gasteiger charge is 1.99. The quantitative estimate of drug-likeness (QED) is 0.671. The second-order valence-electron chi connectivity index (χ2n) is 2.33. The van der Waals surface area contributed by atoms with Gasteiger partial charge in [0.25, 0.3) is 6.39 Å². The number of rotatable bonds is 1. The van der Waals surface area contributed by atoms with E-state index in [0.717, 1.165) is 11.3 Å². The van der Waals surface area contributed by atoms with Crippen molar-refractivity contribution < 1.29 is 4.42 Å². The lowest BCUT2D eigenvalue weighted by atomic mass is 10.2. The molecule has 0 N–H and O–H groups in total. The SMILES string of the molecule is Clc1ccc(-c2co[c]n2)cc1. The number of benzene rings is 1. The molecule has 0 aliphatic rings. The van der Waals surface area contributed by atoms with E-state index in [2.05, 4.69) is 11.4 Å². The second kappa shape index (κ2) is 2.99. The predicted octanol–water partition coefficient (Wildman–Crippen LogP) is 2.80. The number of aromatic nitrogens is 1. The first kappa shape index (κ1) is 7.37. The Bertz CT molecular complexity index is 353. The van der Waals surface area contributed by atoms with E-state index in [0.29, 0.717) is 5.02 Å². The summed E-state index contributed by atoms with van der Waals surface area (Å²) in [7, 11) is 0. The minimum absolute atomic E-state index is 0.714. The smallest absolute Gasteiger partial charge is 0.284 e. The molecule has 0 spiro atoms. The van der Waals surface area contributed by atoms with Gasteiger partial charge in [-0.3, -0.25) is 0 Å². The minimum atomic E-state index is 0.714. The summed E-state index contributed by atoms with van der Waals surface area (Å²) in [6.45, 7) is 0. The molecule has 2 nitrogen and oxygen atoms in total. The van der Waals surface area contributed by atoms with E-state index in [4.69, 9.17) is 16.0 Å². The van der Waals surface area contributed by atoms with E-state index in [1.807, 2.05) is 24.3 Å². The lowest BCUT2D eigenvalue weighted by Crippen LogP contribution is -1.74. The number of hydrogen-bond acceptors (Lipinski definition) is 2. The normalized spacial score (nSPS) is 10.1. The molecule has 0 fully saturated rings. The zero-order valence-electron chi connectivity index (χ0n) is 6.12. The zero-order valence-corrected chi connectivity index (χ0v) is 6.88. The number of oxazole rings is 1. The molecule has 0 aliphatic heterocycles. The molecule has 0 atom stereocenters. The van der Waals surface area contributed by atoms with Gasteiger partial charge >= 0.3 is 0 Å². The number of nitrogens with zero attached hydrogens (tertiary/aromatic N) is 1. The summed E-state index contributed by atoms with van der Waals surface area (Å²) in [6, 6.07) is 7.39. The molecule has 59 valence electrons. The van der Waals surface area contributed by atoms with Crippen LogP contribution in [0, 0.1) is 6.39 Å². The Morgan fingerprint density at radius 1 is 1.25 bits per heavy atom. The summed E-state index contributed by atoms with van der Waals surface area (Å²) >= 11 is 5.72. The molecule has 2 rings (SSSR count). The second-order valence-corrected chi connectivity index (χ2v) is 2.77. The Labute approximate surface area is 74.8 Å². The van der Waals surface area contributed by atoms with Gasteiger partial charge in [-0.25, -0.2) is 4.98 Å². The Hall–Kier alpha value is -1.28. The maximum Gasteiger partial charge on any atom is 0.284 e. The minimum Gasteiger partial charge on any atom is -0.440 e. The van der Waals surface area contributed by atoms with Gasteiger partial charge in [0, 0.05) is 10.6 Å². The van der Waals surface area contributed by atoms with Gasteiger partial charge in [-0.2, -0.15) is 0 Å². The third-order valence-electron chi connectivity index (χ3n) is 1.53. The average Bonchev–Trinajstić information content (AvgIpc) is 2.58. The van der Waals surface area contributed by atoms with Crippen LogP contribution in [0.15, 0.2) is 34.9 Å². The molecule has 1 aromatic carbocycles. The first-order chi connectivity index (χ1) is 5.86. The van der Waals surface area contributed by atoms with Crippen molar-refractivity contribution in [2.45, 2.75) is 0 Å². The number of hydrogen-bond donors (Lipinski definition) is 0. The average molecular weight is 179 g/mol. The maximum atomic E-state index is 5.72. The Balaban J connectivity index is 2.43. The van der Waals surface area contributed by atoms with Crippen LogP contribution in [0.25, 0.3) is 11.3 Å². The third kappa shape index (κ3) is 1.34. The van der Waals surface area contributed by atoms with Gasteiger partial charge in [-0.1, -0.05) is 23.7 Å². The Morgan fingerprint density at radius 3 is 2.58 bits per heavy atom. The van der Waals surface area contributed by atoms with E-state index in [-0.39, 0.29) is 0 Å². The standard InChI is InChI=1S/C9H5ClNO/c10-8-3-1-7(2-4-8)9-5-12-6-11-9/h1-5H. The first-order valence-corrected chi connectivity index (χ1v) is 3.81. The summed E-state index contributed by atoms with van der Waals surface area (Å²) in [4.78, 5) is 3.88.